The fourth-order valence-corrected chi connectivity index (χ4v) is 0.814. The van der Waals surface area contributed by atoms with Gasteiger partial charge in [0, 0.05) is 0 Å². The van der Waals surface area contributed by atoms with E-state index in [0.29, 0.717) is 5.69 Å². The number of benzene rings is 1. The van der Waals surface area contributed by atoms with Crippen LogP contribution in [-0.4, -0.2) is 11.6 Å². The van der Waals surface area contributed by atoms with Gasteiger partial charge in [0.2, 0.25) is 5.71 Å². The maximum Gasteiger partial charge on any atom is 0.280 e. The van der Waals surface area contributed by atoms with Gasteiger partial charge in [0.1, 0.15) is 11.9 Å². The maximum absolute atomic E-state index is 12.7. The van der Waals surface area contributed by atoms with E-state index in [2.05, 4.69) is 10.5 Å². The zero-order valence-corrected chi connectivity index (χ0v) is 7.57. The summed E-state index contributed by atoms with van der Waals surface area (Å²) in [6.07, 6.45) is 0. The number of nitriles is 1. The normalized spacial score (nSPS) is 10.5. The van der Waals surface area contributed by atoms with Crippen molar-refractivity contribution in [3.63, 3.8) is 0 Å². The molecule has 0 bridgehead atoms. The summed E-state index contributed by atoms with van der Waals surface area (Å²) in [5, 5.41) is 11.9. The zero-order chi connectivity index (χ0) is 11.3. The average Bonchev–Trinajstić information content (AvgIpc) is 2.18. The third kappa shape index (κ3) is 3.08. The first kappa shape index (κ1) is 10.7. The Morgan fingerprint density at radius 3 is 2.87 bits per heavy atom. The lowest BCUT2D eigenvalue weighted by atomic mass is 10.3. The molecule has 76 valence electrons. The van der Waals surface area contributed by atoms with Gasteiger partial charge in [0.05, 0.1) is 5.69 Å². The second-order valence-electron chi connectivity index (χ2n) is 2.56. The van der Waals surface area contributed by atoms with E-state index in [-0.39, 0.29) is 0 Å². The fourth-order valence-electron chi connectivity index (χ4n) is 0.814. The predicted octanol–water partition coefficient (Wildman–Crippen LogP) is 0.602. The SMILES string of the molecule is N#C/C(=N/Nc1cccc(F)c1)C(N)=O. The van der Waals surface area contributed by atoms with E-state index >= 15 is 0 Å². The summed E-state index contributed by atoms with van der Waals surface area (Å²) in [6, 6.07) is 6.92. The molecule has 1 amide bonds. The van der Waals surface area contributed by atoms with Crippen molar-refractivity contribution >= 4 is 17.3 Å². The lowest BCUT2D eigenvalue weighted by Crippen LogP contribution is -2.22. The number of amides is 1. The van der Waals surface area contributed by atoms with Gasteiger partial charge in [0.25, 0.3) is 5.91 Å². The number of halogens is 1. The molecule has 0 saturated carbocycles. The Hall–Kier alpha value is -2.42. The number of carbonyl (C=O) groups is 1. The van der Waals surface area contributed by atoms with Gasteiger partial charge in [-0.3, -0.25) is 10.2 Å². The molecule has 1 aromatic carbocycles. The van der Waals surface area contributed by atoms with Gasteiger partial charge in [-0.15, -0.1) is 0 Å². The van der Waals surface area contributed by atoms with E-state index in [1.165, 1.54) is 30.3 Å². The molecule has 0 unspecified atom stereocenters. The van der Waals surface area contributed by atoms with Crippen molar-refractivity contribution in [2.45, 2.75) is 0 Å². The number of nitrogens with two attached hydrogens (primary N) is 1. The molecule has 0 radical (unpaired) electrons. The highest BCUT2D eigenvalue weighted by atomic mass is 19.1. The molecule has 0 heterocycles. The van der Waals surface area contributed by atoms with Crippen LogP contribution in [0.4, 0.5) is 10.1 Å². The number of primary amides is 1. The standard InChI is InChI=1S/C9H7FN4O/c10-6-2-1-3-7(4-6)13-14-8(5-11)9(12)15/h1-4,13H,(H2,12,15)/b14-8-. The molecule has 3 N–H and O–H groups in total. The zero-order valence-electron chi connectivity index (χ0n) is 7.57. The molecule has 1 rings (SSSR count). The van der Waals surface area contributed by atoms with Crippen molar-refractivity contribution in [1.82, 2.24) is 0 Å². The topological polar surface area (TPSA) is 91.3 Å². The van der Waals surface area contributed by atoms with Crippen LogP contribution in [0, 0.1) is 17.1 Å². The fraction of sp³-hybridized carbons (Fsp3) is 0. The second-order valence-corrected chi connectivity index (χ2v) is 2.56. The number of anilines is 1. The molecule has 1 aromatic rings. The van der Waals surface area contributed by atoms with Gasteiger partial charge in [-0.25, -0.2) is 4.39 Å². The Kier molecular flexibility index (Phi) is 3.35. The summed E-state index contributed by atoms with van der Waals surface area (Å²) < 4.78 is 12.7. The Morgan fingerprint density at radius 2 is 2.33 bits per heavy atom. The first-order valence-electron chi connectivity index (χ1n) is 3.92. The summed E-state index contributed by atoms with van der Waals surface area (Å²) in [7, 11) is 0. The van der Waals surface area contributed by atoms with Gasteiger partial charge in [0.15, 0.2) is 0 Å². The molecule has 5 nitrogen and oxygen atoms in total. The largest absolute Gasteiger partial charge is 0.364 e. The van der Waals surface area contributed by atoms with Crippen molar-refractivity contribution in [3.05, 3.63) is 30.1 Å². The van der Waals surface area contributed by atoms with Crippen LogP contribution in [0.2, 0.25) is 0 Å². The van der Waals surface area contributed by atoms with Crippen molar-refractivity contribution < 1.29 is 9.18 Å². The van der Waals surface area contributed by atoms with Crippen molar-refractivity contribution in [2.24, 2.45) is 10.8 Å². The highest BCUT2D eigenvalue weighted by molar-refractivity contribution is 6.44. The van der Waals surface area contributed by atoms with Crippen LogP contribution in [0.3, 0.4) is 0 Å². The molecule has 0 aliphatic rings. The lowest BCUT2D eigenvalue weighted by Gasteiger charge is -1.99. The molecule has 15 heavy (non-hydrogen) atoms. The minimum atomic E-state index is -0.943. The Balaban J connectivity index is 2.80. The Labute approximate surface area is 85.0 Å². The molecule has 0 aliphatic carbocycles. The van der Waals surface area contributed by atoms with Gasteiger partial charge >= 0.3 is 0 Å². The predicted molar refractivity (Wildman–Crippen MR) is 52.3 cm³/mol. The molecule has 0 fully saturated rings. The van der Waals surface area contributed by atoms with E-state index < -0.39 is 17.4 Å². The number of nitrogens with zero attached hydrogens (tertiary/aromatic N) is 2. The Bertz CT molecular complexity index is 450. The summed E-state index contributed by atoms with van der Waals surface area (Å²) in [6.45, 7) is 0. The highest BCUT2D eigenvalue weighted by Crippen LogP contribution is 2.08. The first-order chi connectivity index (χ1) is 7.13. The highest BCUT2D eigenvalue weighted by Gasteiger charge is 2.04. The summed E-state index contributed by atoms with van der Waals surface area (Å²) in [5.74, 6) is -1.39. The van der Waals surface area contributed by atoms with Gasteiger partial charge in [-0.1, -0.05) is 6.07 Å². The summed E-state index contributed by atoms with van der Waals surface area (Å²) in [4.78, 5) is 10.6. The molecule has 0 spiro atoms. The number of hydrogen-bond acceptors (Lipinski definition) is 4. The summed E-state index contributed by atoms with van der Waals surface area (Å²) >= 11 is 0. The van der Waals surface area contributed by atoms with Crippen molar-refractivity contribution in [1.29, 1.82) is 5.26 Å². The molecule has 6 heteroatoms. The molecular formula is C9H7FN4O. The smallest absolute Gasteiger partial charge is 0.280 e. The van der Waals surface area contributed by atoms with E-state index in [1.807, 2.05) is 0 Å². The van der Waals surface area contributed by atoms with E-state index in [9.17, 15) is 9.18 Å². The van der Waals surface area contributed by atoms with E-state index in [4.69, 9.17) is 11.0 Å². The van der Waals surface area contributed by atoms with Crippen LogP contribution in [0.1, 0.15) is 0 Å². The van der Waals surface area contributed by atoms with Gasteiger partial charge in [-0.05, 0) is 18.2 Å². The number of hydrogen-bond donors (Lipinski definition) is 2. The first-order valence-corrected chi connectivity index (χ1v) is 3.92. The minimum absolute atomic E-state index is 0.323. The van der Waals surface area contributed by atoms with E-state index in [1.54, 1.807) is 0 Å². The lowest BCUT2D eigenvalue weighted by molar-refractivity contribution is -0.111. The number of rotatable bonds is 3. The molecule has 0 aliphatic heterocycles. The van der Waals surface area contributed by atoms with E-state index in [0.717, 1.165) is 0 Å². The molecule has 0 atom stereocenters. The Morgan fingerprint density at radius 1 is 1.60 bits per heavy atom. The molecule has 0 saturated heterocycles. The number of carbonyl (C=O) groups excluding carboxylic acids is 1. The van der Waals surface area contributed by atoms with Crippen LogP contribution in [0.15, 0.2) is 29.4 Å². The minimum Gasteiger partial charge on any atom is -0.364 e. The van der Waals surface area contributed by atoms with Crippen LogP contribution in [-0.2, 0) is 4.79 Å². The monoisotopic (exact) mass is 206 g/mol. The van der Waals surface area contributed by atoms with Crippen LogP contribution >= 0.6 is 0 Å². The van der Waals surface area contributed by atoms with Crippen LogP contribution in [0.5, 0.6) is 0 Å². The van der Waals surface area contributed by atoms with Gasteiger partial charge < -0.3 is 5.73 Å². The molecule has 0 aromatic heterocycles. The number of hydrazone groups is 1. The third-order valence-corrected chi connectivity index (χ3v) is 1.46. The second kappa shape index (κ2) is 4.72. The summed E-state index contributed by atoms with van der Waals surface area (Å²) in [5.41, 5.74) is 7.03. The van der Waals surface area contributed by atoms with Gasteiger partial charge in [-0.2, -0.15) is 10.4 Å². The number of nitrogens with one attached hydrogen (secondary N) is 1. The molecular weight excluding hydrogens is 199 g/mol. The van der Waals surface area contributed by atoms with Crippen LogP contribution < -0.4 is 11.2 Å². The van der Waals surface area contributed by atoms with Crippen LogP contribution in [0.25, 0.3) is 0 Å². The quantitative estimate of drug-likeness (QED) is 0.560. The third-order valence-electron chi connectivity index (χ3n) is 1.46. The maximum atomic E-state index is 12.7. The van der Waals surface area contributed by atoms with Crippen molar-refractivity contribution in [2.75, 3.05) is 5.43 Å². The average molecular weight is 206 g/mol. The van der Waals surface area contributed by atoms with Crippen molar-refractivity contribution in [3.8, 4) is 6.07 Å².